The molecular formula is C60H39BN2S. The Balaban J connectivity index is 1.14. The number of nitrogens with zero attached hydrogens (tertiary/aromatic N) is 2. The maximum Gasteiger partial charge on any atom is 0.333 e. The van der Waals surface area contributed by atoms with Gasteiger partial charge in [0, 0.05) is 48.5 Å². The average Bonchev–Trinajstić information content (AvgIpc) is 3.76. The smallest absolute Gasteiger partial charge is 0.333 e. The summed E-state index contributed by atoms with van der Waals surface area (Å²) in [5, 5.41) is 2.59. The Labute approximate surface area is 377 Å². The first-order valence-electron chi connectivity index (χ1n) is 22.0. The van der Waals surface area contributed by atoms with Crippen molar-refractivity contribution in [3.05, 3.63) is 237 Å². The van der Waals surface area contributed by atoms with Gasteiger partial charge in [-0.1, -0.05) is 182 Å². The van der Waals surface area contributed by atoms with Crippen LogP contribution in [0.4, 0.5) is 28.4 Å². The van der Waals surface area contributed by atoms with Crippen molar-refractivity contribution in [3.8, 4) is 55.6 Å². The summed E-state index contributed by atoms with van der Waals surface area (Å²) >= 11 is 1.90. The van der Waals surface area contributed by atoms with Gasteiger partial charge in [-0.3, -0.25) is 0 Å². The first kappa shape index (κ1) is 36.7. The first-order valence-corrected chi connectivity index (χ1v) is 22.8. The minimum absolute atomic E-state index is 0.135. The van der Waals surface area contributed by atoms with Gasteiger partial charge in [0.05, 0.1) is 5.69 Å². The molecule has 298 valence electrons. The molecule has 10 aromatic carbocycles. The first-order chi connectivity index (χ1) is 31.7. The molecule has 0 spiro atoms. The molecular weight excluding hydrogens is 792 g/mol. The van der Waals surface area contributed by atoms with Gasteiger partial charge in [-0.05, 0) is 116 Å². The van der Waals surface area contributed by atoms with Gasteiger partial charge >= 0.3 is 6.85 Å². The van der Waals surface area contributed by atoms with Crippen molar-refractivity contribution in [2.24, 2.45) is 0 Å². The lowest BCUT2D eigenvalue weighted by atomic mass is 9.43. The molecule has 2 aliphatic rings. The second-order valence-electron chi connectivity index (χ2n) is 16.8. The molecule has 0 bridgehead atoms. The summed E-state index contributed by atoms with van der Waals surface area (Å²) in [4.78, 5) is 5.22. The van der Waals surface area contributed by atoms with Crippen LogP contribution in [0.3, 0.4) is 0 Å². The van der Waals surface area contributed by atoms with E-state index in [1.807, 2.05) is 11.3 Å². The van der Waals surface area contributed by atoms with Gasteiger partial charge in [0.15, 0.2) is 0 Å². The number of anilines is 5. The van der Waals surface area contributed by atoms with Crippen LogP contribution in [0.15, 0.2) is 237 Å². The van der Waals surface area contributed by atoms with Crippen LogP contribution in [0.1, 0.15) is 0 Å². The van der Waals surface area contributed by atoms with E-state index in [0.29, 0.717) is 0 Å². The highest BCUT2D eigenvalue weighted by atomic mass is 32.1. The van der Waals surface area contributed by atoms with Gasteiger partial charge < -0.3 is 9.71 Å². The van der Waals surface area contributed by atoms with Gasteiger partial charge in [-0.15, -0.1) is 11.3 Å². The Kier molecular flexibility index (Phi) is 8.53. The average molecular weight is 831 g/mol. The Bertz CT molecular complexity index is 3530. The predicted octanol–water partition coefficient (Wildman–Crippen LogP) is 15.4. The molecule has 0 radical (unpaired) electrons. The SMILES string of the molecule is c1ccc(-c2ccc(N3B4c5cc(-c6ccccc6)ccc5N(c5ccc(-c6ccccc6)cc5)c5c4c(cc4sc6ccccc6c54)-c4cc(-c5ccccc5)ccc43)cc2)cc1. The van der Waals surface area contributed by atoms with Gasteiger partial charge in [0.1, 0.15) is 0 Å². The largest absolute Gasteiger partial charge is 0.376 e. The van der Waals surface area contributed by atoms with Crippen LogP contribution < -0.4 is 20.6 Å². The summed E-state index contributed by atoms with van der Waals surface area (Å²) in [6, 6.07) is 87.3. The highest BCUT2D eigenvalue weighted by Crippen LogP contribution is 2.52. The van der Waals surface area contributed by atoms with Crippen LogP contribution in [0.2, 0.25) is 0 Å². The van der Waals surface area contributed by atoms with Crippen molar-refractivity contribution in [2.75, 3.05) is 9.71 Å². The van der Waals surface area contributed by atoms with Crippen molar-refractivity contribution < 1.29 is 0 Å². The summed E-state index contributed by atoms with van der Waals surface area (Å²) in [5.41, 5.74) is 20.7. The van der Waals surface area contributed by atoms with Gasteiger partial charge in [-0.2, -0.15) is 0 Å². The molecule has 13 rings (SSSR count). The van der Waals surface area contributed by atoms with E-state index in [9.17, 15) is 0 Å². The third-order valence-corrected chi connectivity index (χ3v) is 14.4. The van der Waals surface area contributed by atoms with E-state index in [1.54, 1.807) is 0 Å². The minimum Gasteiger partial charge on any atom is -0.376 e. The van der Waals surface area contributed by atoms with Crippen LogP contribution in [0.5, 0.6) is 0 Å². The van der Waals surface area contributed by atoms with E-state index in [-0.39, 0.29) is 6.85 Å². The molecule has 4 heteroatoms. The molecule has 3 heterocycles. The minimum atomic E-state index is -0.135. The van der Waals surface area contributed by atoms with Gasteiger partial charge in [0.2, 0.25) is 0 Å². The zero-order valence-corrected chi connectivity index (χ0v) is 35.7. The van der Waals surface area contributed by atoms with Gasteiger partial charge in [-0.25, -0.2) is 0 Å². The monoisotopic (exact) mass is 830 g/mol. The lowest BCUT2D eigenvalue weighted by Crippen LogP contribution is -2.61. The maximum absolute atomic E-state index is 2.63. The third-order valence-electron chi connectivity index (χ3n) is 13.2. The van der Waals surface area contributed by atoms with E-state index in [4.69, 9.17) is 0 Å². The number of benzene rings is 10. The van der Waals surface area contributed by atoms with E-state index in [0.717, 1.165) is 11.4 Å². The van der Waals surface area contributed by atoms with Crippen molar-refractivity contribution in [2.45, 2.75) is 0 Å². The molecule has 0 saturated carbocycles. The molecule has 0 aliphatic carbocycles. The second kappa shape index (κ2) is 14.9. The number of fused-ring (bicyclic) bond motifs is 8. The fraction of sp³-hybridized carbons (Fsp3) is 0. The lowest BCUT2D eigenvalue weighted by molar-refractivity contribution is 1.28. The quantitative estimate of drug-likeness (QED) is 0.154. The Hall–Kier alpha value is -7.92. The molecule has 2 aliphatic heterocycles. The van der Waals surface area contributed by atoms with Crippen LogP contribution in [-0.2, 0) is 0 Å². The lowest BCUT2D eigenvalue weighted by Gasteiger charge is -2.46. The molecule has 0 atom stereocenters. The van der Waals surface area contributed by atoms with E-state index in [2.05, 4.69) is 246 Å². The molecule has 1 aromatic heterocycles. The zero-order valence-electron chi connectivity index (χ0n) is 34.9. The standard InChI is InChI=1S/C60H39BN2S/c1-5-15-40(16-6-1)44-25-31-48(32-26-44)62-55-36-30-47(43-21-11-4-12-22-43)38-53(55)61-59-52(39-57-58(60(59)62)50-23-13-14-24-56(50)64-57)51-37-46(42-19-9-3-10-20-42)29-35-54(51)63(61)49-33-27-45(28-34-49)41-17-7-2-8-18-41/h1-39H. The number of hydrogen-bond donors (Lipinski definition) is 0. The van der Waals surface area contributed by atoms with E-state index in [1.165, 1.54) is 104 Å². The Morgan fingerprint density at radius 3 is 1.41 bits per heavy atom. The van der Waals surface area contributed by atoms with Gasteiger partial charge in [0.25, 0.3) is 0 Å². The summed E-state index contributed by atoms with van der Waals surface area (Å²) < 4.78 is 2.59. The Morgan fingerprint density at radius 2 is 0.812 bits per heavy atom. The van der Waals surface area contributed by atoms with Crippen LogP contribution in [0.25, 0.3) is 75.8 Å². The molecule has 0 saturated heterocycles. The Morgan fingerprint density at radius 1 is 0.344 bits per heavy atom. The predicted molar refractivity (Wildman–Crippen MR) is 275 cm³/mol. The van der Waals surface area contributed by atoms with Crippen molar-refractivity contribution in [1.82, 2.24) is 0 Å². The maximum atomic E-state index is 2.63. The normalized spacial score (nSPS) is 12.6. The number of thiophene rings is 1. The zero-order chi connectivity index (χ0) is 42.1. The molecule has 2 nitrogen and oxygen atoms in total. The van der Waals surface area contributed by atoms with Crippen molar-refractivity contribution >= 4 is 77.7 Å². The molecule has 64 heavy (non-hydrogen) atoms. The molecule has 0 unspecified atom stereocenters. The van der Waals surface area contributed by atoms with E-state index < -0.39 is 0 Å². The van der Waals surface area contributed by atoms with Crippen molar-refractivity contribution in [3.63, 3.8) is 0 Å². The van der Waals surface area contributed by atoms with Crippen LogP contribution in [0, 0.1) is 0 Å². The summed E-state index contributed by atoms with van der Waals surface area (Å²) in [5.74, 6) is 0. The molecule has 0 fully saturated rings. The second-order valence-corrected chi connectivity index (χ2v) is 17.9. The molecule has 11 aromatic rings. The topological polar surface area (TPSA) is 6.48 Å². The number of rotatable bonds is 6. The number of hydrogen-bond acceptors (Lipinski definition) is 3. The summed E-state index contributed by atoms with van der Waals surface area (Å²) in [6.45, 7) is -0.135. The third kappa shape index (κ3) is 5.87. The fourth-order valence-electron chi connectivity index (χ4n) is 10.3. The van der Waals surface area contributed by atoms with Crippen molar-refractivity contribution in [1.29, 1.82) is 0 Å². The highest BCUT2D eigenvalue weighted by molar-refractivity contribution is 7.26. The fourth-order valence-corrected chi connectivity index (χ4v) is 11.4. The summed E-state index contributed by atoms with van der Waals surface area (Å²) in [7, 11) is 0. The van der Waals surface area contributed by atoms with E-state index >= 15 is 0 Å². The van der Waals surface area contributed by atoms with Crippen LogP contribution in [-0.4, -0.2) is 6.85 Å². The molecule has 0 N–H and O–H groups in total. The summed E-state index contributed by atoms with van der Waals surface area (Å²) in [6.07, 6.45) is 0. The molecule has 0 amide bonds. The highest BCUT2D eigenvalue weighted by Gasteiger charge is 2.46. The van der Waals surface area contributed by atoms with Crippen LogP contribution >= 0.6 is 11.3 Å².